The molecular formula is C15H10ClN3O2S2. The Morgan fingerprint density at radius 3 is 2.48 bits per heavy atom. The maximum absolute atomic E-state index is 12.0. The van der Waals surface area contributed by atoms with E-state index in [-0.39, 0.29) is 0 Å². The van der Waals surface area contributed by atoms with Gasteiger partial charge in [-0.2, -0.15) is 0 Å². The lowest BCUT2D eigenvalue weighted by atomic mass is 10.2. The van der Waals surface area contributed by atoms with Gasteiger partial charge in [0.2, 0.25) is 0 Å². The van der Waals surface area contributed by atoms with Crippen molar-refractivity contribution in [3.8, 4) is 9.88 Å². The average Bonchev–Trinajstić information content (AvgIpc) is 3.23. The second-order valence-electron chi connectivity index (χ2n) is 4.42. The van der Waals surface area contributed by atoms with Gasteiger partial charge in [-0.1, -0.05) is 17.7 Å². The van der Waals surface area contributed by atoms with Crippen LogP contribution in [0.4, 0.5) is 0 Å². The van der Waals surface area contributed by atoms with Gasteiger partial charge < -0.3 is 0 Å². The summed E-state index contributed by atoms with van der Waals surface area (Å²) < 4.78 is 0. The van der Waals surface area contributed by atoms with Crippen molar-refractivity contribution in [1.29, 1.82) is 0 Å². The standard InChI is InChI=1S/C15H10ClN3O2S2/c16-10-5-3-9(4-6-10)13(20)18-19-14(21)12-8-17-15(23-12)11-2-1-7-22-11/h1-8H,(H,18,20)(H,19,21). The fraction of sp³-hybridized carbons (Fsp3) is 0. The molecule has 0 saturated heterocycles. The summed E-state index contributed by atoms with van der Waals surface area (Å²) in [5.74, 6) is -0.828. The zero-order valence-corrected chi connectivity index (χ0v) is 14.0. The van der Waals surface area contributed by atoms with Gasteiger partial charge in [-0.3, -0.25) is 20.4 Å². The topological polar surface area (TPSA) is 71.1 Å². The Morgan fingerprint density at radius 1 is 1.04 bits per heavy atom. The molecular weight excluding hydrogens is 354 g/mol. The van der Waals surface area contributed by atoms with E-state index < -0.39 is 11.8 Å². The first-order chi connectivity index (χ1) is 11.1. The molecule has 116 valence electrons. The number of rotatable bonds is 3. The highest BCUT2D eigenvalue weighted by molar-refractivity contribution is 7.21. The lowest BCUT2D eigenvalue weighted by molar-refractivity contribution is 0.0849. The molecule has 0 saturated carbocycles. The van der Waals surface area contributed by atoms with Crippen molar-refractivity contribution in [2.24, 2.45) is 0 Å². The number of carbonyl (C=O) groups excluding carboxylic acids is 2. The first kappa shape index (κ1) is 15.7. The molecule has 2 heterocycles. The third kappa shape index (κ3) is 3.76. The number of amides is 2. The molecule has 5 nitrogen and oxygen atoms in total. The second kappa shape index (κ2) is 6.91. The van der Waals surface area contributed by atoms with E-state index in [2.05, 4.69) is 15.8 Å². The summed E-state index contributed by atoms with van der Waals surface area (Å²) in [7, 11) is 0. The first-order valence-corrected chi connectivity index (χ1v) is 8.57. The minimum atomic E-state index is -0.419. The smallest absolute Gasteiger partial charge is 0.267 e. The summed E-state index contributed by atoms with van der Waals surface area (Å²) in [5, 5.41) is 3.26. The molecule has 3 rings (SSSR count). The predicted octanol–water partition coefficient (Wildman–Crippen LogP) is 3.60. The van der Waals surface area contributed by atoms with Crippen LogP contribution in [-0.4, -0.2) is 16.8 Å². The number of nitrogens with one attached hydrogen (secondary N) is 2. The van der Waals surface area contributed by atoms with Crippen LogP contribution >= 0.6 is 34.3 Å². The van der Waals surface area contributed by atoms with Crippen LogP contribution in [0, 0.1) is 0 Å². The van der Waals surface area contributed by atoms with Crippen molar-refractivity contribution >= 4 is 46.1 Å². The van der Waals surface area contributed by atoms with Crippen LogP contribution in [0.15, 0.2) is 48.0 Å². The van der Waals surface area contributed by atoms with Crippen molar-refractivity contribution < 1.29 is 9.59 Å². The van der Waals surface area contributed by atoms with Crippen LogP contribution in [0.2, 0.25) is 5.02 Å². The molecule has 23 heavy (non-hydrogen) atoms. The SMILES string of the molecule is O=C(NNC(=O)c1cnc(-c2cccs2)s1)c1ccc(Cl)cc1. The summed E-state index contributed by atoms with van der Waals surface area (Å²) in [5.41, 5.74) is 5.13. The molecule has 1 aromatic carbocycles. The van der Waals surface area contributed by atoms with E-state index in [4.69, 9.17) is 11.6 Å². The molecule has 8 heteroatoms. The molecule has 0 unspecified atom stereocenters. The predicted molar refractivity (Wildman–Crippen MR) is 91.8 cm³/mol. The zero-order chi connectivity index (χ0) is 16.2. The lowest BCUT2D eigenvalue weighted by Gasteiger charge is -2.05. The van der Waals surface area contributed by atoms with E-state index in [1.165, 1.54) is 17.5 Å². The Morgan fingerprint density at radius 2 is 1.78 bits per heavy atom. The number of benzene rings is 1. The zero-order valence-electron chi connectivity index (χ0n) is 11.6. The number of carbonyl (C=O) groups is 2. The highest BCUT2D eigenvalue weighted by atomic mass is 35.5. The number of hydrazine groups is 1. The monoisotopic (exact) mass is 363 g/mol. The Hall–Kier alpha value is -2.22. The van der Waals surface area contributed by atoms with Crippen molar-refractivity contribution in [2.75, 3.05) is 0 Å². The van der Waals surface area contributed by atoms with Gasteiger partial charge in [0, 0.05) is 10.6 Å². The van der Waals surface area contributed by atoms with Crippen LogP contribution < -0.4 is 10.9 Å². The van der Waals surface area contributed by atoms with Crippen molar-refractivity contribution in [3.63, 3.8) is 0 Å². The Balaban J connectivity index is 1.61. The van der Waals surface area contributed by atoms with E-state index in [1.54, 1.807) is 35.6 Å². The maximum Gasteiger partial charge on any atom is 0.281 e. The molecule has 0 radical (unpaired) electrons. The number of hydrogen-bond acceptors (Lipinski definition) is 5. The fourth-order valence-corrected chi connectivity index (χ4v) is 3.48. The van der Waals surface area contributed by atoms with Gasteiger partial charge in [-0.05, 0) is 35.7 Å². The average molecular weight is 364 g/mol. The first-order valence-electron chi connectivity index (χ1n) is 6.49. The van der Waals surface area contributed by atoms with Gasteiger partial charge in [-0.15, -0.1) is 22.7 Å². The van der Waals surface area contributed by atoms with Gasteiger partial charge >= 0.3 is 0 Å². The van der Waals surface area contributed by atoms with Crippen molar-refractivity contribution in [3.05, 3.63) is 63.4 Å². The van der Waals surface area contributed by atoms with Crippen LogP contribution in [0.3, 0.4) is 0 Å². The molecule has 0 aliphatic heterocycles. The summed E-state index contributed by atoms with van der Waals surface area (Å²) in [4.78, 5) is 29.6. The summed E-state index contributed by atoms with van der Waals surface area (Å²) in [6.45, 7) is 0. The van der Waals surface area contributed by atoms with Crippen molar-refractivity contribution in [1.82, 2.24) is 15.8 Å². The molecule has 2 amide bonds. The lowest BCUT2D eigenvalue weighted by Crippen LogP contribution is -2.41. The van der Waals surface area contributed by atoms with E-state index in [9.17, 15) is 9.59 Å². The van der Waals surface area contributed by atoms with Gasteiger partial charge in [0.1, 0.15) is 9.88 Å². The van der Waals surface area contributed by atoms with Gasteiger partial charge in [0.15, 0.2) is 0 Å². The molecule has 2 aromatic heterocycles. The number of thiazole rings is 1. The molecule has 0 aliphatic carbocycles. The van der Waals surface area contributed by atoms with Crippen molar-refractivity contribution in [2.45, 2.75) is 0 Å². The molecule has 0 aliphatic rings. The maximum atomic E-state index is 12.0. The van der Waals surface area contributed by atoms with Gasteiger partial charge in [0.25, 0.3) is 11.8 Å². The number of aromatic nitrogens is 1. The Bertz CT molecular complexity index is 829. The van der Waals surface area contributed by atoms with Crippen LogP contribution in [0.5, 0.6) is 0 Å². The summed E-state index contributed by atoms with van der Waals surface area (Å²) >= 11 is 8.58. The minimum absolute atomic E-state index is 0.401. The Labute approximate surface area is 144 Å². The molecule has 0 spiro atoms. The fourth-order valence-electron chi connectivity index (χ4n) is 1.74. The van der Waals surface area contributed by atoms with E-state index in [0.29, 0.717) is 15.5 Å². The second-order valence-corrected chi connectivity index (χ2v) is 6.84. The van der Waals surface area contributed by atoms with Gasteiger partial charge in [-0.25, -0.2) is 4.98 Å². The highest BCUT2D eigenvalue weighted by Crippen LogP contribution is 2.28. The molecule has 0 bridgehead atoms. The Kier molecular flexibility index (Phi) is 4.71. The molecule has 3 aromatic rings. The largest absolute Gasteiger partial charge is 0.281 e. The van der Waals surface area contributed by atoms with Gasteiger partial charge in [0.05, 0.1) is 11.1 Å². The number of hydrogen-bond donors (Lipinski definition) is 2. The van der Waals surface area contributed by atoms with Crippen LogP contribution in [-0.2, 0) is 0 Å². The molecule has 0 fully saturated rings. The quantitative estimate of drug-likeness (QED) is 0.698. The van der Waals surface area contributed by atoms with E-state index in [1.807, 2.05) is 17.5 Å². The van der Waals surface area contributed by atoms with E-state index in [0.717, 1.165) is 9.88 Å². The normalized spacial score (nSPS) is 10.3. The summed E-state index contributed by atoms with van der Waals surface area (Å²) in [6, 6.07) is 10.2. The highest BCUT2D eigenvalue weighted by Gasteiger charge is 2.13. The minimum Gasteiger partial charge on any atom is -0.267 e. The number of thiophene rings is 1. The molecule has 0 atom stereocenters. The molecule has 2 N–H and O–H groups in total. The third-order valence-corrected chi connectivity index (χ3v) is 5.14. The van der Waals surface area contributed by atoms with E-state index >= 15 is 0 Å². The third-order valence-electron chi connectivity index (χ3n) is 2.86. The summed E-state index contributed by atoms with van der Waals surface area (Å²) in [6.07, 6.45) is 1.49. The number of halogens is 1. The number of nitrogens with zero attached hydrogens (tertiary/aromatic N) is 1. The van der Waals surface area contributed by atoms with Crippen LogP contribution in [0.1, 0.15) is 20.0 Å². The van der Waals surface area contributed by atoms with Crippen LogP contribution in [0.25, 0.3) is 9.88 Å².